The van der Waals surface area contributed by atoms with E-state index in [1.165, 1.54) is 12.1 Å². The molecule has 0 aliphatic carbocycles. The zero-order valence-electron chi connectivity index (χ0n) is 13.1. The van der Waals surface area contributed by atoms with Crippen molar-refractivity contribution in [2.45, 2.75) is 6.54 Å². The van der Waals surface area contributed by atoms with Crippen LogP contribution in [0, 0.1) is 5.82 Å². The molecule has 0 amide bonds. The molecule has 0 fully saturated rings. The van der Waals surface area contributed by atoms with E-state index in [0.717, 1.165) is 14.5 Å². The fourth-order valence-electron chi connectivity index (χ4n) is 2.19. The molecule has 0 atom stereocenters. The van der Waals surface area contributed by atoms with Gasteiger partial charge in [0, 0.05) is 10.7 Å². The van der Waals surface area contributed by atoms with Crippen LogP contribution in [0.1, 0.15) is 5.56 Å². The van der Waals surface area contributed by atoms with Crippen LogP contribution in [-0.4, -0.2) is 14.9 Å². The predicted molar refractivity (Wildman–Crippen MR) is 114 cm³/mol. The van der Waals surface area contributed by atoms with E-state index in [1.807, 2.05) is 18.3 Å². The first-order chi connectivity index (χ1) is 12.4. The van der Waals surface area contributed by atoms with E-state index in [2.05, 4.69) is 47.6 Å². The number of hydrogen-bond acceptors (Lipinski definition) is 2. The molecule has 0 radical (unpaired) electrons. The van der Waals surface area contributed by atoms with Crippen LogP contribution in [0.5, 0.6) is 0 Å². The molecule has 26 heavy (non-hydrogen) atoms. The third-order valence-electron chi connectivity index (χ3n) is 3.39. The van der Waals surface area contributed by atoms with Crippen molar-refractivity contribution < 1.29 is 4.39 Å². The molecule has 2 aromatic carbocycles. The third-order valence-corrected chi connectivity index (χ3v) is 4.98. The van der Waals surface area contributed by atoms with Crippen molar-refractivity contribution in [2.75, 3.05) is 10.6 Å². The van der Waals surface area contributed by atoms with Crippen LogP contribution in [0.3, 0.4) is 0 Å². The van der Waals surface area contributed by atoms with Crippen molar-refractivity contribution in [3.63, 3.8) is 0 Å². The molecular weight excluding hydrogens is 507 g/mol. The van der Waals surface area contributed by atoms with E-state index < -0.39 is 0 Å². The van der Waals surface area contributed by atoms with E-state index in [1.54, 1.807) is 22.9 Å². The quantitative estimate of drug-likeness (QED) is 0.412. The SMILES string of the molecule is Fc1ccc(Cn2cc(Br)c(NC(=S)Nc3ccc(Br)cc3Cl)n2)cc1. The average molecular weight is 519 g/mol. The van der Waals surface area contributed by atoms with Crippen molar-refractivity contribution in [3.8, 4) is 0 Å². The number of aromatic nitrogens is 2. The molecule has 0 aliphatic rings. The van der Waals surface area contributed by atoms with Gasteiger partial charge in [-0.2, -0.15) is 5.10 Å². The van der Waals surface area contributed by atoms with Crippen molar-refractivity contribution in [3.05, 3.63) is 74.0 Å². The lowest BCUT2D eigenvalue weighted by Crippen LogP contribution is -2.20. The Balaban J connectivity index is 1.67. The van der Waals surface area contributed by atoms with Crippen LogP contribution in [0.25, 0.3) is 0 Å². The number of benzene rings is 2. The van der Waals surface area contributed by atoms with E-state index >= 15 is 0 Å². The molecule has 0 aliphatic heterocycles. The van der Waals surface area contributed by atoms with Crippen LogP contribution in [0.4, 0.5) is 15.9 Å². The Kier molecular flexibility index (Phi) is 6.29. The first kappa shape index (κ1) is 19.3. The first-order valence-electron chi connectivity index (χ1n) is 7.41. The van der Waals surface area contributed by atoms with Crippen LogP contribution in [0.2, 0.25) is 5.02 Å². The van der Waals surface area contributed by atoms with Gasteiger partial charge in [-0.05, 0) is 64.0 Å². The number of hydrogen-bond donors (Lipinski definition) is 2. The zero-order valence-corrected chi connectivity index (χ0v) is 17.9. The average Bonchev–Trinajstić information content (AvgIpc) is 2.91. The van der Waals surface area contributed by atoms with E-state index in [4.69, 9.17) is 23.8 Å². The Hall–Kier alpha value is -1.48. The molecule has 0 saturated heterocycles. The molecule has 3 aromatic rings. The summed E-state index contributed by atoms with van der Waals surface area (Å²) in [5.41, 5.74) is 1.63. The number of rotatable bonds is 4. The first-order valence-corrected chi connectivity index (χ1v) is 9.78. The number of nitrogens with zero attached hydrogens (tertiary/aromatic N) is 2. The second kappa shape index (κ2) is 8.47. The molecule has 0 saturated carbocycles. The minimum absolute atomic E-state index is 0.263. The Morgan fingerprint density at radius 1 is 1.15 bits per heavy atom. The maximum atomic E-state index is 13.0. The minimum Gasteiger partial charge on any atom is -0.331 e. The summed E-state index contributed by atoms with van der Waals surface area (Å²) in [6.07, 6.45) is 1.82. The summed E-state index contributed by atoms with van der Waals surface area (Å²) in [7, 11) is 0. The van der Waals surface area contributed by atoms with Crippen molar-refractivity contribution in [1.29, 1.82) is 0 Å². The summed E-state index contributed by atoms with van der Waals surface area (Å²) in [5, 5.41) is 11.4. The van der Waals surface area contributed by atoms with Gasteiger partial charge in [0.15, 0.2) is 10.9 Å². The van der Waals surface area contributed by atoms with Crippen LogP contribution in [-0.2, 0) is 6.54 Å². The van der Waals surface area contributed by atoms with Gasteiger partial charge in [0.2, 0.25) is 0 Å². The molecule has 0 spiro atoms. The topological polar surface area (TPSA) is 41.9 Å². The largest absolute Gasteiger partial charge is 0.331 e. The highest BCUT2D eigenvalue weighted by molar-refractivity contribution is 9.10. The van der Waals surface area contributed by atoms with E-state index in [-0.39, 0.29) is 5.82 Å². The molecule has 134 valence electrons. The lowest BCUT2D eigenvalue weighted by Gasteiger charge is -2.10. The van der Waals surface area contributed by atoms with E-state index in [0.29, 0.717) is 28.2 Å². The van der Waals surface area contributed by atoms with Crippen molar-refractivity contribution in [2.24, 2.45) is 0 Å². The van der Waals surface area contributed by atoms with Gasteiger partial charge in [0.1, 0.15) is 5.82 Å². The number of nitrogens with one attached hydrogen (secondary N) is 2. The zero-order chi connectivity index (χ0) is 18.7. The maximum Gasteiger partial charge on any atom is 0.176 e. The van der Waals surface area contributed by atoms with Crippen molar-refractivity contribution >= 4 is 72.3 Å². The molecule has 2 N–H and O–H groups in total. The fraction of sp³-hybridized carbons (Fsp3) is 0.0588. The fourth-order valence-corrected chi connectivity index (χ4v) is 3.53. The Bertz CT molecular complexity index is 946. The highest BCUT2D eigenvalue weighted by atomic mass is 79.9. The molecule has 3 rings (SSSR count). The summed E-state index contributed by atoms with van der Waals surface area (Å²) in [6.45, 7) is 0.513. The van der Waals surface area contributed by atoms with Crippen LogP contribution >= 0.6 is 55.7 Å². The smallest absolute Gasteiger partial charge is 0.176 e. The number of halogens is 4. The van der Waals surface area contributed by atoms with Crippen molar-refractivity contribution in [1.82, 2.24) is 9.78 Å². The molecular formula is C17H12Br2ClFN4S. The monoisotopic (exact) mass is 516 g/mol. The van der Waals surface area contributed by atoms with Crippen LogP contribution < -0.4 is 10.6 Å². The van der Waals surface area contributed by atoms with Gasteiger partial charge < -0.3 is 10.6 Å². The Morgan fingerprint density at radius 3 is 2.58 bits per heavy atom. The molecule has 0 unspecified atom stereocenters. The third kappa shape index (κ3) is 5.03. The standard InChI is InChI=1S/C17H12Br2ClFN4S/c18-11-3-6-15(14(20)7-11)22-17(26)23-16-13(19)9-25(24-16)8-10-1-4-12(21)5-2-10/h1-7,9H,8H2,(H2,22,23,24,26). The summed E-state index contributed by atoms with van der Waals surface area (Å²) < 4.78 is 16.4. The van der Waals surface area contributed by atoms with Gasteiger partial charge in [-0.1, -0.05) is 39.7 Å². The summed E-state index contributed by atoms with van der Waals surface area (Å²) in [4.78, 5) is 0. The second-order valence-electron chi connectivity index (χ2n) is 5.35. The molecule has 0 bridgehead atoms. The van der Waals surface area contributed by atoms with Gasteiger partial charge in [0.05, 0.1) is 21.7 Å². The van der Waals surface area contributed by atoms with E-state index in [9.17, 15) is 4.39 Å². The van der Waals surface area contributed by atoms with Gasteiger partial charge >= 0.3 is 0 Å². The molecule has 1 aromatic heterocycles. The molecule has 9 heteroatoms. The summed E-state index contributed by atoms with van der Waals surface area (Å²) >= 11 is 18.3. The lowest BCUT2D eigenvalue weighted by atomic mass is 10.2. The summed E-state index contributed by atoms with van der Waals surface area (Å²) in [5.74, 6) is 0.304. The lowest BCUT2D eigenvalue weighted by molar-refractivity contribution is 0.624. The molecule has 4 nitrogen and oxygen atoms in total. The summed E-state index contributed by atoms with van der Waals surface area (Å²) in [6, 6.07) is 11.8. The van der Waals surface area contributed by atoms with Gasteiger partial charge in [-0.15, -0.1) is 0 Å². The number of thiocarbonyl (C=S) groups is 1. The minimum atomic E-state index is -0.263. The Labute approximate surface area is 177 Å². The number of anilines is 2. The predicted octanol–water partition coefficient (Wildman–Crippen LogP) is 6.06. The highest BCUT2D eigenvalue weighted by Gasteiger charge is 2.10. The normalized spacial score (nSPS) is 10.6. The van der Waals surface area contributed by atoms with Gasteiger partial charge in [-0.25, -0.2) is 4.39 Å². The van der Waals surface area contributed by atoms with Gasteiger partial charge in [0.25, 0.3) is 0 Å². The highest BCUT2D eigenvalue weighted by Crippen LogP contribution is 2.26. The van der Waals surface area contributed by atoms with Gasteiger partial charge in [-0.3, -0.25) is 4.68 Å². The second-order valence-corrected chi connectivity index (χ2v) is 7.94. The maximum absolute atomic E-state index is 13.0. The van der Waals surface area contributed by atoms with Crippen LogP contribution in [0.15, 0.2) is 57.6 Å². The molecule has 1 heterocycles. The Morgan fingerprint density at radius 2 is 1.88 bits per heavy atom.